The van der Waals surface area contributed by atoms with Gasteiger partial charge in [-0.2, -0.15) is 5.26 Å². The predicted octanol–water partition coefficient (Wildman–Crippen LogP) is 3.49. The highest BCUT2D eigenvalue weighted by Gasteiger charge is 2.34. The summed E-state index contributed by atoms with van der Waals surface area (Å²) in [7, 11) is 0. The number of rotatable bonds is 7. The summed E-state index contributed by atoms with van der Waals surface area (Å²) < 4.78 is 1.87. The maximum Gasteiger partial charge on any atom is 0.323 e. The first-order valence-corrected chi connectivity index (χ1v) is 12.4. The van der Waals surface area contributed by atoms with Crippen molar-refractivity contribution in [1.82, 2.24) is 9.47 Å². The average Bonchev–Trinajstić information content (AvgIpc) is 2.96. The van der Waals surface area contributed by atoms with Crippen LogP contribution in [0.15, 0.2) is 9.70 Å². The van der Waals surface area contributed by atoms with Gasteiger partial charge < -0.3 is 10.0 Å². The van der Waals surface area contributed by atoms with E-state index in [1.54, 1.807) is 17.6 Å². The summed E-state index contributed by atoms with van der Waals surface area (Å²) in [5.41, 5.74) is 0.938. The van der Waals surface area contributed by atoms with Gasteiger partial charge in [-0.1, -0.05) is 50.2 Å². The molecule has 1 N–H and O–H groups in total. The van der Waals surface area contributed by atoms with Crippen LogP contribution in [0.1, 0.15) is 62.1 Å². The van der Waals surface area contributed by atoms with Crippen molar-refractivity contribution in [3.05, 3.63) is 31.9 Å². The number of nitrogens with zero attached hydrogens (tertiary/aromatic N) is 4. The van der Waals surface area contributed by atoms with Crippen LogP contribution in [0.25, 0.3) is 6.08 Å². The molecule has 1 amide bonds. The molecule has 176 valence electrons. The van der Waals surface area contributed by atoms with E-state index < -0.39 is 18.4 Å². The lowest BCUT2D eigenvalue weighted by Crippen LogP contribution is -2.35. The number of carboxylic acid groups (broad SMARTS) is 1. The lowest BCUT2D eigenvalue weighted by Gasteiger charge is -2.29. The minimum atomic E-state index is -1.14. The van der Waals surface area contributed by atoms with Crippen LogP contribution in [0.5, 0.6) is 0 Å². The van der Waals surface area contributed by atoms with Crippen molar-refractivity contribution in [2.75, 3.05) is 24.5 Å². The monoisotopic (exact) mass is 488 g/mol. The van der Waals surface area contributed by atoms with Gasteiger partial charge in [-0.05, 0) is 37.8 Å². The Morgan fingerprint density at radius 1 is 1.24 bits per heavy atom. The molecule has 2 aliphatic heterocycles. The van der Waals surface area contributed by atoms with Crippen molar-refractivity contribution in [2.24, 2.45) is 0 Å². The fourth-order valence-electron chi connectivity index (χ4n) is 4.19. The number of carbonyl (C=O) groups is 2. The van der Waals surface area contributed by atoms with Crippen LogP contribution in [0, 0.1) is 18.3 Å². The number of anilines is 1. The molecular weight excluding hydrogens is 460 g/mol. The number of hydrogen-bond acceptors (Lipinski definition) is 7. The van der Waals surface area contributed by atoms with Gasteiger partial charge in [0.2, 0.25) is 0 Å². The SMILES string of the molecule is CCCCn1c(N2CCCCCC2)c(/C=C2/SC(=S)N(CC(=O)O)C2=O)c(C)c(C#N)c1=O. The van der Waals surface area contributed by atoms with Gasteiger partial charge in [0.05, 0.1) is 4.91 Å². The third-order valence-electron chi connectivity index (χ3n) is 5.93. The maximum absolute atomic E-state index is 13.3. The van der Waals surface area contributed by atoms with E-state index in [0.717, 1.165) is 74.1 Å². The van der Waals surface area contributed by atoms with Gasteiger partial charge >= 0.3 is 5.97 Å². The molecule has 2 aliphatic rings. The minimum Gasteiger partial charge on any atom is -0.480 e. The molecule has 1 aromatic rings. The molecule has 33 heavy (non-hydrogen) atoms. The normalized spacial score (nSPS) is 18.0. The minimum absolute atomic E-state index is 0.0666. The molecule has 3 rings (SSSR count). The Morgan fingerprint density at radius 3 is 2.48 bits per heavy atom. The summed E-state index contributed by atoms with van der Waals surface area (Å²) >= 11 is 6.28. The number of thiocarbonyl (C=S) groups is 1. The Labute approximate surface area is 202 Å². The summed E-state index contributed by atoms with van der Waals surface area (Å²) in [6.45, 7) is 5.34. The van der Waals surface area contributed by atoms with Crippen molar-refractivity contribution in [1.29, 1.82) is 5.26 Å². The third kappa shape index (κ3) is 5.31. The lowest BCUT2D eigenvalue weighted by atomic mass is 10.0. The number of thioether (sulfide) groups is 1. The summed E-state index contributed by atoms with van der Waals surface area (Å²) in [6, 6.07) is 2.06. The Kier molecular flexibility index (Phi) is 8.32. The van der Waals surface area contributed by atoms with E-state index in [2.05, 4.69) is 11.0 Å². The van der Waals surface area contributed by atoms with Crippen molar-refractivity contribution >= 4 is 52.1 Å². The molecule has 0 bridgehead atoms. The van der Waals surface area contributed by atoms with Gasteiger partial charge in [-0.3, -0.25) is 23.9 Å². The number of aromatic nitrogens is 1. The number of pyridine rings is 1. The van der Waals surface area contributed by atoms with Gasteiger partial charge in [0.15, 0.2) is 0 Å². The highest BCUT2D eigenvalue weighted by Crippen LogP contribution is 2.36. The molecule has 0 saturated carbocycles. The second-order valence-electron chi connectivity index (χ2n) is 8.22. The first-order chi connectivity index (χ1) is 15.8. The molecule has 10 heteroatoms. The average molecular weight is 489 g/mol. The number of carboxylic acids is 1. The Balaban J connectivity index is 2.22. The van der Waals surface area contributed by atoms with E-state index in [9.17, 15) is 19.6 Å². The topological polar surface area (TPSA) is 107 Å². The Bertz CT molecular complexity index is 1100. The number of aliphatic carboxylic acids is 1. The molecule has 8 nitrogen and oxygen atoms in total. The summed E-state index contributed by atoms with van der Waals surface area (Å²) in [5.74, 6) is -0.886. The quantitative estimate of drug-likeness (QED) is 0.459. The first kappa shape index (κ1) is 25.0. The zero-order chi connectivity index (χ0) is 24.1. The van der Waals surface area contributed by atoms with Crippen LogP contribution in [0.4, 0.5) is 5.82 Å². The van der Waals surface area contributed by atoms with Gasteiger partial charge in [-0.15, -0.1) is 0 Å². The molecule has 3 heterocycles. The van der Waals surface area contributed by atoms with E-state index in [-0.39, 0.29) is 15.4 Å². The highest BCUT2D eigenvalue weighted by atomic mass is 32.2. The van der Waals surface area contributed by atoms with Gasteiger partial charge in [-0.25, -0.2) is 0 Å². The zero-order valence-corrected chi connectivity index (χ0v) is 20.6. The Morgan fingerprint density at radius 2 is 1.91 bits per heavy atom. The zero-order valence-electron chi connectivity index (χ0n) is 18.9. The fourth-order valence-corrected chi connectivity index (χ4v) is 5.43. The maximum atomic E-state index is 13.3. The van der Waals surface area contributed by atoms with E-state index >= 15 is 0 Å². The van der Waals surface area contributed by atoms with E-state index in [4.69, 9.17) is 17.3 Å². The summed E-state index contributed by atoms with van der Waals surface area (Å²) in [4.78, 5) is 40.9. The van der Waals surface area contributed by atoms with Crippen LogP contribution in [-0.4, -0.2) is 50.4 Å². The van der Waals surface area contributed by atoms with Crippen molar-refractivity contribution in [3.63, 3.8) is 0 Å². The second kappa shape index (κ2) is 11.0. The van der Waals surface area contributed by atoms with E-state index in [0.29, 0.717) is 22.6 Å². The highest BCUT2D eigenvalue weighted by molar-refractivity contribution is 8.26. The first-order valence-electron chi connectivity index (χ1n) is 11.2. The number of carbonyl (C=O) groups excluding carboxylic acids is 1. The molecule has 2 fully saturated rings. The van der Waals surface area contributed by atoms with Crippen molar-refractivity contribution in [3.8, 4) is 6.07 Å². The second-order valence-corrected chi connectivity index (χ2v) is 9.90. The number of nitriles is 1. The van der Waals surface area contributed by atoms with Crippen LogP contribution in [-0.2, 0) is 16.1 Å². The molecule has 0 aliphatic carbocycles. The molecule has 0 aromatic carbocycles. The predicted molar refractivity (Wildman–Crippen MR) is 133 cm³/mol. The number of amides is 1. The summed E-state index contributed by atoms with van der Waals surface area (Å²) in [5, 5.41) is 18.9. The van der Waals surface area contributed by atoms with Gasteiger partial charge in [0, 0.05) is 25.2 Å². The Hall–Kier alpha value is -2.64. The van der Waals surface area contributed by atoms with E-state index in [1.807, 2.05) is 6.92 Å². The van der Waals surface area contributed by atoms with Crippen molar-refractivity contribution < 1.29 is 14.7 Å². The molecule has 1 aromatic heterocycles. The smallest absolute Gasteiger partial charge is 0.323 e. The third-order valence-corrected chi connectivity index (χ3v) is 7.31. The van der Waals surface area contributed by atoms with Crippen LogP contribution in [0.3, 0.4) is 0 Å². The molecule has 0 unspecified atom stereocenters. The van der Waals surface area contributed by atoms with Gasteiger partial charge in [0.1, 0.15) is 28.3 Å². The number of unbranched alkanes of at least 4 members (excludes halogenated alkanes) is 1. The van der Waals surface area contributed by atoms with E-state index in [1.165, 1.54) is 0 Å². The molecule has 0 atom stereocenters. The van der Waals surface area contributed by atoms with Crippen molar-refractivity contribution in [2.45, 2.75) is 58.9 Å². The molecular formula is C23H28N4O4S2. The molecule has 2 saturated heterocycles. The van der Waals surface area contributed by atoms with Gasteiger partial charge in [0.25, 0.3) is 11.5 Å². The number of hydrogen-bond donors (Lipinski definition) is 1. The summed E-state index contributed by atoms with van der Waals surface area (Å²) in [6.07, 6.45) is 7.60. The molecule has 0 radical (unpaired) electrons. The lowest BCUT2D eigenvalue weighted by molar-refractivity contribution is -0.140. The largest absolute Gasteiger partial charge is 0.480 e. The van der Waals surface area contributed by atoms with Crippen LogP contribution in [0.2, 0.25) is 0 Å². The van der Waals surface area contributed by atoms with Crippen LogP contribution < -0.4 is 10.5 Å². The standard InChI is InChI=1S/C23H28N4O4S2/c1-3-4-11-26-20(25-9-7-5-6-8-10-25)16(15(2)17(13-24)21(26)30)12-18-22(31)27(14-19(28)29)23(32)33-18/h12H,3-11,14H2,1-2H3,(H,28,29)/b18-12+. The molecule has 0 spiro atoms. The van der Waals surface area contributed by atoms with Crippen LogP contribution >= 0.6 is 24.0 Å². The fraction of sp³-hybridized carbons (Fsp3) is 0.522.